The van der Waals surface area contributed by atoms with Crippen molar-refractivity contribution >= 4 is 0 Å². The zero-order valence-electron chi connectivity index (χ0n) is 17.0. The molecule has 0 aromatic heterocycles. The van der Waals surface area contributed by atoms with E-state index in [0.717, 1.165) is 11.1 Å². The normalized spacial score (nSPS) is 30.9. The van der Waals surface area contributed by atoms with E-state index in [2.05, 4.69) is 13.2 Å². The van der Waals surface area contributed by atoms with Gasteiger partial charge in [0.1, 0.15) is 30.5 Å². The molecular weight excluding hydrogens is 380 g/mol. The molecule has 158 valence electrons. The lowest BCUT2D eigenvalue weighted by Crippen LogP contribution is -2.60. The Morgan fingerprint density at radius 2 is 1.40 bits per heavy atom. The van der Waals surface area contributed by atoms with Crippen LogP contribution in [0.5, 0.6) is 0 Å². The summed E-state index contributed by atoms with van der Waals surface area (Å²) in [5, 5.41) is 0. The molecule has 5 nitrogen and oxygen atoms in total. The summed E-state index contributed by atoms with van der Waals surface area (Å²) in [6.07, 6.45) is 1.38. The van der Waals surface area contributed by atoms with Crippen LogP contribution in [0.15, 0.2) is 86.0 Å². The summed E-state index contributed by atoms with van der Waals surface area (Å²) in [6, 6.07) is 19.9. The summed E-state index contributed by atoms with van der Waals surface area (Å²) >= 11 is 0. The molecule has 0 amide bonds. The van der Waals surface area contributed by atoms with Gasteiger partial charge in [-0.05, 0) is 5.56 Å². The maximum atomic E-state index is 6.47. The molecule has 6 atom stereocenters. The molecule has 2 aromatic rings. The third-order valence-electron chi connectivity index (χ3n) is 5.34. The van der Waals surface area contributed by atoms with Gasteiger partial charge in [-0.2, -0.15) is 0 Å². The van der Waals surface area contributed by atoms with Gasteiger partial charge in [0, 0.05) is 5.56 Å². The van der Waals surface area contributed by atoms with Crippen molar-refractivity contribution in [3.8, 4) is 0 Å². The molecule has 2 aliphatic heterocycles. The molecule has 30 heavy (non-hydrogen) atoms. The molecule has 0 aliphatic carbocycles. The summed E-state index contributed by atoms with van der Waals surface area (Å²) in [4.78, 5) is 0. The summed E-state index contributed by atoms with van der Waals surface area (Å²) in [7, 11) is 0. The number of fused-ring (bicyclic) bond motifs is 1. The first-order chi connectivity index (χ1) is 14.8. The van der Waals surface area contributed by atoms with E-state index in [-0.39, 0.29) is 30.5 Å². The van der Waals surface area contributed by atoms with Gasteiger partial charge in [-0.25, -0.2) is 0 Å². The smallest absolute Gasteiger partial charge is 0.184 e. The van der Waals surface area contributed by atoms with Gasteiger partial charge < -0.3 is 23.7 Å². The van der Waals surface area contributed by atoms with E-state index in [0.29, 0.717) is 19.8 Å². The molecular formula is C25H28O5. The highest BCUT2D eigenvalue weighted by Gasteiger charge is 2.51. The predicted octanol–water partition coefficient (Wildman–Crippen LogP) is 4.38. The minimum atomic E-state index is -0.473. The number of rotatable bonds is 8. The van der Waals surface area contributed by atoms with Crippen LogP contribution in [0.2, 0.25) is 0 Å². The second-order valence-electron chi connectivity index (χ2n) is 7.36. The van der Waals surface area contributed by atoms with Crippen molar-refractivity contribution in [3.63, 3.8) is 0 Å². The Labute approximate surface area is 177 Å². The standard InChI is InChI=1S/C25H28O5/c1-3-15-26-23-21(18-11-7-5-8-12-18)29-20-17-28-25(19-13-9-6-10-14-19)30-22(20)24(23)27-16-4-2/h3-14,20-25H,1-2,15-17H2/t20-,21+,22-,23+,24+,25-/m1/s1. The van der Waals surface area contributed by atoms with Crippen LogP contribution in [0.25, 0.3) is 0 Å². The molecule has 2 heterocycles. The molecule has 2 aliphatic rings. The molecule has 0 bridgehead atoms. The number of benzene rings is 2. The van der Waals surface area contributed by atoms with Crippen molar-refractivity contribution < 1.29 is 23.7 Å². The maximum absolute atomic E-state index is 6.47. The monoisotopic (exact) mass is 408 g/mol. The van der Waals surface area contributed by atoms with E-state index < -0.39 is 6.29 Å². The van der Waals surface area contributed by atoms with Crippen LogP contribution in [-0.4, -0.2) is 44.2 Å². The summed E-state index contributed by atoms with van der Waals surface area (Å²) in [5.74, 6) is 0. The molecule has 0 N–H and O–H groups in total. The second-order valence-corrected chi connectivity index (χ2v) is 7.36. The average Bonchev–Trinajstić information content (AvgIpc) is 2.82. The third kappa shape index (κ3) is 4.56. The molecule has 0 radical (unpaired) electrons. The number of hydrogen-bond donors (Lipinski definition) is 0. The van der Waals surface area contributed by atoms with Gasteiger partial charge >= 0.3 is 0 Å². The topological polar surface area (TPSA) is 46.2 Å². The largest absolute Gasteiger partial charge is 0.369 e. The first-order valence-corrected chi connectivity index (χ1v) is 10.3. The van der Waals surface area contributed by atoms with E-state index in [4.69, 9.17) is 23.7 Å². The van der Waals surface area contributed by atoms with Gasteiger partial charge in [0.05, 0.1) is 19.8 Å². The van der Waals surface area contributed by atoms with Crippen molar-refractivity contribution in [2.45, 2.75) is 36.8 Å². The lowest BCUT2D eigenvalue weighted by molar-refractivity contribution is -0.337. The molecule has 4 rings (SSSR count). The van der Waals surface area contributed by atoms with Crippen LogP contribution in [0, 0.1) is 0 Å². The first-order valence-electron chi connectivity index (χ1n) is 10.3. The van der Waals surface area contributed by atoms with Gasteiger partial charge in [0.2, 0.25) is 0 Å². The Kier molecular flexibility index (Phi) is 7.10. The van der Waals surface area contributed by atoms with Crippen LogP contribution in [-0.2, 0) is 23.7 Å². The molecule has 2 saturated heterocycles. The Hall–Kier alpha value is -2.28. The van der Waals surface area contributed by atoms with E-state index >= 15 is 0 Å². The Morgan fingerprint density at radius 1 is 0.800 bits per heavy atom. The van der Waals surface area contributed by atoms with Crippen molar-refractivity contribution in [3.05, 3.63) is 97.1 Å². The minimum absolute atomic E-state index is 0.270. The third-order valence-corrected chi connectivity index (χ3v) is 5.34. The maximum Gasteiger partial charge on any atom is 0.184 e. The molecule has 5 heteroatoms. The van der Waals surface area contributed by atoms with Crippen molar-refractivity contribution in [1.82, 2.24) is 0 Å². The molecule has 2 aromatic carbocycles. The van der Waals surface area contributed by atoms with E-state index in [9.17, 15) is 0 Å². The fraction of sp³-hybridized carbons (Fsp3) is 0.360. The van der Waals surface area contributed by atoms with Crippen LogP contribution < -0.4 is 0 Å². The van der Waals surface area contributed by atoms with Crippen molar-refractivity contribution in [1.29, 1.82) is 0 Å². The highest BCUT2D eigenvalue weighted by molar-refractivity contribution is 5.22. The summed E-state index contributed by atoms with van der Waals surface area (Å²) in [5.41, 5.74) is 1.99. The summed E-state index contributed by atoms with van der Waals surface area (Å²) in [6.45, 7) is 8.78. The zero-order chi connectivity index (χ0) is 20.8. The number of ether oxygens (including phenoxy) is 5. The lowest BCUT2D eigenvalue weighted by atomic mass is 9.90. The highest BCUT2D eigenvalue weighted by Crippen LogP contribution is 2.41. The first kappa shape index (κ1) is 21.0. The summed E-state index contributed by atoms with van der Waals surface area (Å²) < 4.78 is 31.2. The molecule has 0 spiro atoms. The fourth-order valence-electron chi connectivity index (χ4n) is 4.00. The van der Waals surface area contributed by atoms with Crippen LogP contribution in [0.4, 0.5) is 0 Å². The van der Waals surface area contributed by atoms with Crippen LogP contribution in [0.1, 0.15) is 23.5 Å². The quantitative estimate of drug-likeness (QED) is 0.607. The van der Waals surface area contributed by atoms with E-state index in [1.165, 1.54) is 0 Å². The van der Waals surface area contributed by atoms with Gasteiger partial charge in [-0.1, -0.05) is 72.8 Å². The van der Waals surface area contributed by atoms with Gasteiger partial charge in [0.15, 0.2) is 6.29 Å². The van der Waals surface area contributed by atoms with E-state index in [1.54, 1.807) is 12.2 Å². The molecule has 2 fully saturated rings. The zero-order valence-corrected chi connectivity index (χ0v) is 17.0. The van der Waals surface area contributed by atoms with E-state index in [1.807, 2.05) is 60.7 Å². The SMILES string of the molecule is C=CCO[C@@H]1[C@@H](OCC=C)[C@H](c2ccccc2)O[C@@H]2CO[C@@H](c3ccccc3)O[C@@H]12. The van der Waals surface area contributed by atoms with Gasteiger partial charge in [-0.15, -0.1) is 13.2 Å². The minimum Gasteiger partial charge on any atom is -0.369 e. The van der Waals surface area contributed by atoms with Crippen LogP contribution >= 0.6 is 0 Å². The molecule has 0 unspecified atom stereocenters. The van der Waals surface area contributed by atoms with Crippen LogP contribution in [0.3, 0.4) is 0 Å². The molecule has 0 saturated carbocycles. The second kappa shape index (κ2) is 10.2. The van der Waals surface area contributed by atoms with Crippen molar-refractivity contribution in [2.24, 2.45) is 0 Å². The average molecular weight is 408 g/mol. The Bertz CT molecular complexity index is 809. The highest BCUT2D eigenvalue weighted by atomic mass is 16.7. The Morgan fingerprint density at radius 3 is 2.03 bits per heavy atom. The lowest BCUT2D eigenvalue weighted by Gasteiger charge is -2.49. The fourth-order valence-corrected chi connectivity index (χ4v) is 4.00. The van der Waals surface area contributed by atoms with Gasteiger partial charge in [-0.3, -0.25) is 0 Å². The van der Waals surface area contributed by atoms with Crippen molar-refractivity contribution in [2.75, 3.05) is 19.8 Å². The predicted molar refractivity (Wildman–Crippen MR) is 114 cm³/mol. The Balaban J connectivity index is 1.63. The van der Waals surface area contributed by atoms with Gasteiger partial charge in [0.25, 0.3) is 0 Å². The number of hydrogen-bond acceptors (Lipinski definition) is 5.